The highest BCUT2D eigenvalue weighted by Gasteiger charge is 2.32. The van der Waals surface area contributed by atoms with Crippen LogP contribution in [0, 0.1) is 17.8 Å². The van der Waals surface area contributed by atoms with Crippen molar-refractivity contribution in [2.45, 2.75) is 65.5 Å². The number of amides is 1. The summed E-state index contributed by atoms with van der Waals surface area (Å²) in [6.45, 7) is 9.59. The van der Waals surface area contributed by atoms with E-state index in [4.69, 9.17) is 4.74 Å². The van der Waals surface area contributed by atoms with Crippen molar-refractivity contribution in [1.29, 1.82) is 0 Å². The molecule has 204 valence electrons. The second-order valence-electron chi connectivity index (χ2n) is 10.7. The second kappa shape index (κ2) is 12.2. The van der Waals surface area contributed by atoms with Crippen LogP contribution in [0.1, 0.15) is 58.6 Å². The van der Waals surface area contributed by atoms with Crippen molar-refractivity contribution in [1.82, 2.24) is 20.1 Å². The molecule has 8 nitrogen and oxygen atoms in total. The maximum absolute atomic E-state index is 13.0. The molecule has 3 atom stereocenters. The van der Waals surface area contributed by atoms with Crippen molar-refractivity contribution in [3.63, 3.8) is 0 Å². The molecule has 1 amide bonds. The summed E-state index contributed by atoms with van der Waals surface area (Å²) in [5.41, 5.74) is 2.15. The Morgan fingerprint density at radius 3 is 2.58 bits per heavy atom. The molecular weight excluding hydrogens is 496 g/mol. The third-order valence-electron chi connectivity index (χ3n) is 8.25. The van der Waals surface area contributed by atoms with Crippen molar-refractivity contribution >= 4 is 28.1 Å². The molecule has 3 heterocycles. The van der Waals surface area contributed by atoms with E-state index in [9.17, 15) is 4.79 Å². The minimum Gasteiger partial charge on any atom is -0.494 e. The fraction of sp³-hybridized carbons (Fsp3) is 0.552. The monoisotopic (exact) mass is 536 g/mol. The van der Waals surface area contributed by atoms with Gasteiger partial charge >= 0.3 is 0 Å². The van der Waals surface area contributed by atoms with Crippen LogP contribution in [0.15, 0.2) is 42.6 Å². The Morgan fingerprint density at radius 2 is 1.82 bits per heavy atom. The number of piperidine rings is 1. The van der Waals surface area contributed by atoms with Crippen molar-refractivity contribution in [2.75, 3.05) is 29.9 Å². The van der Waals surface area contributed by atoms with E-state index in [-0.39, 0.29) is 11.8 Å². The van der Waals surface area contributed by atoms with E-state index in [0.717, 1.165) is 59.7 Å². The summed E-state index contributed by atoms with van der Waals surface area (Å²) in [6, 6.07) is 12.5. The number of ether oxygens (including phenoxy) is 1. The van der Waals surface area contributed by atoms with Gasteiger partial charge in [-0.15, -0.1) is 10.2 Å². The summed E-state index contributed by atoms with van der Waals surface area (Å²) in [5, 5.41) is 17.6. The first-order valence-corrected chi connectivity index (χ1v) is 14.9. The molecule has 2 fully saturated rings. The maximum atomic E-state index is 13.0. The number of benzene rings is 1. The highest BCUT2D eigenvalue weighted by atomic mass is 32.1. The SMILES string of the molecule is CCOc1ccc(NCc2cccn2-c2nnc(N3CCC(C(=O)NC4CCCC(C)C4C)CC3)s2)cc1. The molecule has 2 N–H and O–H groups in total. The van der Waals surface area contributed by atoms with E-state index < -0.39 is 0 Å². The van der Waals surface area contributed by atoms with Crippen molar-refractivity contribution < 1.29 is 9.53 Å². The molecule has 9 heteroatoms. The van der Waals surface area contributed by atoms with Crippen LogP contribution in [-0.4, -0.2) is 46.4 Å². The minimum atomic E-state index is 0.0906. The fourth-order valence-electron chi connectivity index (χ4n) is 5.63. The van der Waals surface area contributed by atoms with Gasteiger partial charge in [-0.1, -0.05) is 38.0 Å². The molecule has 3 unspecified atom stereocenters. The second-order valence-corrected chi connectivity index (χ2v) is 11.6. The first kappa shape index (κ1) is 26.5. The molecule has 2 aromatic heterocycles. The Bertz CT molecular complexity index is 1180. The number of hydrogen-bond acceptors (Lipinski definition) is 7. The van der Waals surface area contributed by atoms with E-state index in [1.807, 2.05) is 43.5 Å². The van der Waals surface area contributed by atoms with E-state index in [1.165, 1.54) is 12.8 Å². The predicted molar refractivity (Wildman–Crippen MR) is 153 cm³/mol. The minimum absolute atomic E-state index is 0.0906. The van der Waals surface area contributed by atoms with Crippen LogP contribution < -0.4 is 20.3 Å². The summed E-state index contributed by atoms with van der Waals surface area (Å²) in [5.74, 6) is 2.45. The van der Waals surface area contributed by atoms with E-state index in [1.54, 1.807) is 11.3 Å². The lowest BCUT2D eigenvalue weighted by Gasteiger charge is -2.36. The number of rotatable bonds is 9. The average molecular weight is 537 g/mol. The highest BCUT2D eigenvalue weighted by molar-refractivity contribution is 7.17. The predicted octanol–water partition coefficient (Wildman–Crippen LogP) is 5.50. The first-order valence-electron chi connectivity index (χ1n) is 14.0. The van der Waals surface area contributed by atoms with Gasteiger partial charge < -0.3 is 20.3 Å². The topological polar surface area (TPSA) is 84.3 Å². The summed E-state index contributed by atoms with van der Waals surface area (Å²) in [7, 11) is 0. The van der Waals surface area contributed by atoms with Gasteiger partial charge in [0.25, 0.3) is 0 Å². The Hall–Kier alpha value is -3.07. The van der Waals surface area contributed by atoms with E-state index in [0.29, 0.717) is 31.0 Å². The van der Waals surface area contributed by atoms with E-state index in [2.05, 4.69) is 50.2 Å². The van der Waals surface area contributed by atoms with Crippen LogP contribution >= 0.6 is 11.3 Å². The number of anilines is 2. The Kier molecular flexibility index (Phi) is 8.51. The first-order chi connectivity index (χ1) is 18.5. The van der Waals surface area contributed by atoms with Crippen LogP contribution in [0.3, 0.4) is 0 Å². The Morgan fingerprint density at radius 1 is 1.05 bits per heavy atom. The average Bonchev–Trinajstić information content (AvgIpc) is 3.61. The van der Waals surface area contributed by atoms with Crippen molar-refractivity contribution in [3.8, 4) is 10.9 Å². The quantitative estimate of drug-likeness (QED) is 0.376. The van der Waals surface area contributed by atoms with Gasteiger partial charge in [-0.2, -0.15) is 0 Å². The largest absolute Gasteiger partial charge is 0.494 e. The number of carbonyl (C=O) groups excluding carboxylic acids is 1. The molecule has 1 aromatic carbocycles. The van der Waals surface area contributed by atoms with Gasteiger partial charge in [-0.25, -0.2) is 0 Å². The van der Waals surface area contributed by atoms with Gasteiger partial charge in [0.2, 0.25) is 16.2 Å². The molecule has 0 spiro atoms. The molecule has 0 radical (unpaired) electrons. The Labute approximate surface area is 229 Å². The molecule has 0 bridgehead atoms. The number of nitrogens with zero attached hydrogens (tertiary/aromatic N) is 4. The van der Waals surface area contributed by atoms with Gasteiger partial charge in [-0.3, -0.25) is 9.36 Å². The van der Waals surface area contributed by atoms with Crippen LogP contribution in [0.4, 0.5) is 10.8 Å². The molecule has 1 saturated heterocycles. The van der Waals surface area contributed by atoms with E-state index >= 15 is 0 Å². The smallest absolute Gasteiger partial charge is 0.223 e. The third kappa shape index (κ3) is 6.14. The van der Waals surface area contributed by atoms with Gasteiger partial charge in [0.15, 0.2) is 0 Å². The maximum Gasteiger partial charge on any atom is 0.223 e. The molecule has 3 aromatic rings. The molecule has 38 heavy (non-hydrogen) atoms. The summed E-state index contributed by atoms with van der Waals surface area (Å²) >= 11 is 1.60. The standard InChI is InChI=1S/C29H40N6O2S/c1-4-37-25-12-10-23(11-13-25)30-19-24-8-6-16-35(24)29-33-32-28(38-29)34-17-14-22(15-18-34)27(36)31-26-9-5-7-20(2)21(26)3/h6,8,10-13,16,20-22,26,30H,4-5,7,9,14-15,17-19H2,1-3H3,(H,31,36). The normalized spacial score (nSPS) is 22.3. The van der Waals surface area contributed by atoms with Crippen LogP contribution in [0.25, 0.3) is 5.13 Å². The molecule has 1 saturated carbocycles. The van der Waals surface area contributed by atoms with Crippen molar-refractivity contribution in [3.05, 3.63) is 48.3 Å². The van der Waals surface area contributed by atoms with Gasteiger partial charge in [0, 0.05) is 42.6 Å². The summed E-state index contributed by atoms with van der Waals surface area (Å²) in [4.78, 5) is 15.3. The number of aromatic nitrogens is 3. The van der Waals surface area contributed by atoms with Gasteiger partial charge in [0.1, 0.15) is 5.75 Å². The lowest BCUT2D eigenvalue weighted by Crippen LogP contribution is -2.48. The van der Waals surface area contributed by atoms with Crippen LogP contribution in [-0.2, 0) is 11.3 Å². The molecule has 2 aliphatic rings. The zero-order valence-corrected chi connectivity index (χ0v) is 23.5. The fourth-order valence-corrected chi connectivity index (χ4v) is 6.54. The number of nitrogens with one attached hydrogen (secondary N) is 2. The number of carbonyl (C=O) groups is 1. The van der Waals surface area contributed by atoms with Crippen molar-refractivity contribution in [2.24, 2.45) is 17.8 Å². The molecule has 5 rings (SSSR count). The molecule has 1 aliphatic carbocycles. The molecular formula is C29H40N6O2S. The zero-order chi connectivity index (χ0) is 26.5. The third-order valence-corrected chi connectivity index (χ3v) is 9.24. The summed E-state index contributed by atoms with van der Waals surface area (Å²) < 4.78 is 7.62. The lowest BCUT2D eigenvalue weighted by atomic mass is 9.78. The van der Waals surface area contributed by atoms with Crippen LogP contribution in [0.5, 0.6) is 5.75 Å². The van der Waals surface area contributed by atoms with Gasteiger partial charge in [0.05, 0.1) is 13.2 Å². The number of hydrogen-bond donors (Lipinski definition) is 2. The summed E-state index contributed by atoms with van der Waals surface area (Å²) in [6.07, 6.45) is 7.36. The Balaban J connectivity index is 1.14. The zero-order valence-electron chi connectivity index (χ0n) is 22.7. The molecule has 1 aliphatic heterocycles. The van der Waals surface area contributed by atoms with Gasteiger partial charge in [-0.05, 0) is 74.4 Å². The highest BCUT2D eigenvalue weighted by Crippen LogP contribution is 2.31. The van der Waals surface area contributed by atoms with Crippen LogP contribution in [0.2, 0.25) is 0 Å². The lowest BCUT2D eigenvalue weighted by molar-refractivity contribution is -0.127.